The summed E-state index contributed by atoms with van der Waals surface area (Å²) < 4.78 is 10.8. The monoisotopic (exact) mass is 284 g/mol. The second-order valence-electron chi connectivity index (χ2n) is 4.78. The van der Waals surface area contributed by atoms with E-state index in [-0.39, 0.29) is 5.97 Å². The number of para-hydroxylation sites is 2. The van der Waals surface area contributed by atoms with E-state index in [0.29, 0.717) is 30.9 Å². The lowest BCUT2D eigenvalue weighted by molar-refractivity contribution is -0.134. The van der Waals surface area contributed by atoms with Gasteiger partial charge in [-0.25, -0.2) is 0 Å². The summed E-state index contributed by atoms with van der Waals surface area (Å²) in [5.41, 5.74) is 2.37. The van der Waals surface area contributed by atoms with Gasteiger partial charge in [0.15, 0.2) is 11.5 Å². The third-order valence-corrected chi connectivity index (χ3v) is 3.23. The van der Waals surface area contributed by atoms with Crippen LogP contribution in [0.1, 0.15) is 24.5 Å². The Morgan fingerprint density at radius 3 is 2.38 bits per heavy atom. The van der Waals surface area contributed by atoms with E-state index in [2.05, 4.69) is 0 Å². The summed E-state index contributed by atoms with van der Waals surface area (Å²) in [6, 6.07) is 15.3. The molecule has 0 aliphatic carbocycles. The van der Waals surface area contributed by atoms with Crippen LogP contribution in [0.2, 0.25) is 0 Å². The van der Waals surface area contributed by atoms with Crippen LogP contribution in [-0.2, 0) is 11.2 Å². The minimum atomic E-state index is -0.245. The Balaban J connectivity index is 1.95. The normalized spacial score (nSPS) is 10.2. The average Bonchev–Trinajstić information content (AvgIpc) is 2.49. The Morgan fingerprint density at radius 2 is 1.67 bits per heavy atom. The summed E-state index contributed by atoms with van der Waals surface area (Å²) in [5, 5.41) is 0. The molecule has 0 radical (unpaired) electrons. The third-order valence-electron chi connectivity index (χ3n) is 3.23. The highest BCUT2D eigenvalue weighted by Crippen LogP contribution is 2.26. The fraction of sp³-hybridized carbons (Fsp3) is 0.278. The first-order chi connectivity index (χ1) is 10.2. The molecule has 0 unspecified atom stereocenters. The zero-order valence-corrected chi connectivity index (χ0v) is 12.5. The van der Waals surface area contributed by atoms with E-state index >= 15 is 0 Å². The lowest BCUT2D eigenvalue weighted by atomic mass is 10.0. The highest BCUT2D eigenvalue weighted by molar-refractivity contribution is 5.73. The summed E-state index contributed by atoms with van der Waals surface area (Å²) >= 11 is 0. The quantitative estimate of drug-likeness (QED) is 0.595. The van der Waals surface area contributed by atoms with Gasteiger partial charge in [0.05, 0.1) is 6.61 Å². The molecule has 3 nitrogen and oxygen atoms in total. The predicted octanol–water partition coefficient (Wildman–Crippen LogP) is 3.93. The molecular formula is C18H20O3. The molecular weight excluding hydrogens is 264 g/mol. The maximum Gasteiger partial charge on any atom is 0.311 e. The number of hydrogen-bond acceptors (Lipinski definition) is 3. The van der Waals surface area contributed by atoms with Gasteiger partial charge in [-0.3, -0.25) is 4.79 Å². The molecule has 0 fully saturated rings. The van der Waals surface area contributed by atoms with Crippen LogP contribution >= 0.6 is 0 Å². The number of carbonyl (C=O) groups is 1. The van der Waals surface area contributed by atoms with Crippen molar-refractivity contribution in [1.29, 1.82) is 0 Å². The van der Waals surface area contributed by atoms with Gasteiger partial charge in [-0.05, 0) is 43.5 Å². The molecule has 0 bridgehead atoms. The van der Waals surface area contributed by atoms with Crippen LogP contribution in [0.4, 0.5) is 0 Å². The Morgan fingerprint density at radius 1 is 1.00 bits per heavy atom. The lowest BCUT2D eigenvalue weighted by Crippen LogP contribution is -2.10. The van der Waals surface area contributed by atoms with E-state index in [0.717, 1.165) is 0 Å². The molecule has 0 aromatic heterocycles. The van der Waals surface area contributed by atoms with Gasteiger partial charge in [0, 0.05) is 6.42 Å². The highest BCUT2D eigenvalue weighted by atomic mass is 16.6. The fourth-order valence-corrected chi connectivity index (χ4v) is 2.11. The third kappa shape index (κ3) is 4.35. The van der Waals surface area contributed by atoms with Crippen molar-refractivity contribution in [3.8, 4) is 11.5 Å². The van der Waals surface area contributed by atoms with Crippen LogP contribution in [0.25, 0.3) is 0 Å². The first-order valence-corrected chi connectivity index (χ1v) is 7.17. The van der Waals surface area contributed by atoms with Crippen molar-refractivity contribution in [3.05, 3.63) is 59.7 Å². The molecule has 0 aliphatic heterocycles. The molecule has 0 saturated carbocycles. The molecule has 110 valence electrons. The molecule has 2 rings (SSSR count). The van der Waals surface area contributed by atoms with E-state index in [1.807, 2.05) is 50.2 Å². The molecule has 0 atom stereocenters. The molecule has 0 amide bonds. The average molecular weight is 284 g/mol. The van der Waals surface area contributed by atoms with E-state index < -0.39 is 0 Å². The Hall–Kier alpha value is -2.29. The van der Waals surface area contributed by atoms with Crippen LogP contribution in [0, 0.1) is 6.92 Å². The molecule has 0 N–H and O–H groups in total. The van der Waals surface area contributed by atoms with Crippen molar-refractivity contribution >= 4 is 5.97 Å². The second kappa shape index (κ2) is 7.48. The van der Waals surface area contributed by atoms with Gasteiger partial charge in [-0.2, -0.15) is 0 Å². The van der Waals surface area contributed by atoms with Crippen molar-refractivity contribution in [2.75, 3.05) is 6.61 Å². The predicted molar refractivity (Wildman–Crippen MR) is 82.7 cm³/mol. The molecule has 2 aromatic carbocycles. The van der Waals surface area contributed by atoms with E-state index in [4.69, 9.17) is 9.47 Å². The number of esters is 1. The van der Waals surface area contributed by atoms with E-state index in [1.54, 1.807) is 12.1 Å². The van der Waals surface area contributed by atoms with Crippen LogP contribution < -0.4 is 9.47 Å². The number of ether oxygens (including phenoxy) is 2. The van der Waals surface area contributed by atoms with Crippen LogP contribution in [0.3, 0.4) is 0 Å². The number of hydrogen-bond donors (Lipinski definition) is 0. The summed E-state index contributed by atoms with van der Waals surface area (Å²) in [7, 11) is 0. The maximum absolute atomic E-state index is 12.0. The summed E-state index contributed by atoms with van der Waals surface area (Å²) in [6.45, 7) is 4.49. The van der Waals surface area contributed by atoms with Gasteiger partial charge in [0.1, 0.15) is 0 Å². The largest absolute Gasteiger partial charge is 0.490 e. The molecule has 2 aromatic rings. The molecule has 0 heterocycles. The number of benzene rings is 2. The Bertz CT molecular complexity index is 605. The van der Waals surface area contributed by atoms with Crippen molar-refractivity contribution in [2.24, 2.45) is 0 Å². The van der Waals surface area contributed by atoms with Crippen LogP contribution in [0.5, 0.6) is 11.5 Å². The summed E-state index contributed by atoms with van der Waals surface area (Å²) in [6.07, 6.45) is 1.04. The Labute approximate surface area is 125 Å². The minimum Gasteiger partial charge on any atom is -0.490 e. The minimum absolute atomic E-state index is 0.245. The number of rotatable bonds is 6. The number of carbonyl (C=O) groups excluding carboxylic acids is 1. The smallest absolute Gasteiger partial charge is 0.311 e. The summed E-state index contributed by atoms with van der Waals surface area (Å²) in [4.78, 5) is 12.0. The summed E-state index contributed by atoms with van der Waals surface area (Å²) in [5.74, 6) is 0.837. The fourth-order valence-electron chi connectivity index (χ4n) is 2.11. The van der Waals surface area contributed by atoms with Crippen molar-refractivity contribution in [3.63, 3.8) is 0 Å². The molecule has 0 spiro atoms. The molecule has 3 heteroatoms. The van der Waals surface area contributed by atoms with Gasteiger partial charge in [0.2, 0.25) is 0 Å². The van der Waals surface area contributed by atoms with Gasteiger partial charge in [-0.1, -0.05) is 36.4 Å². The van der Waals surface area contributed by atoms with Crippen molar-refractivity contribution in [2.45, 2.75) is 26.7 Å². The molecule has 21 heavy (non-hydrogen) atoms. The first kappa shape index (κ1) is 15.1. The second-order valence-corrected chi connectivity index (χ2v) is 4.78. The van der Waals surface area contributed by atoms with Gasteiger partial charge in [0.25, 0.3) is 0 Å². The van der Waals surface area contributed by atoms with Gasteiger partial charge in [-0.15, -0.1) is 0 Å². The topological polar surface area (TPSA) is 35.5 Å². The lowest BCUT2D eigenvalue weighted by Gasteiger charge is -2.10. The van der Waals surface area contributed by atoms with Crippen molar-refractivity contribution < 1.29 is 14.3 Å². The van der Waals surface area contributed by atoms with Gasteiger partial charge < -0.3 is 9.47 Å². The molecule has 0 aliphatic rings. The van der Waals surface area contributed by atoms with Crippen LogP contribution in [-0.4, -0.2) is 12.6 Å². The maximum atomic E-state index is 12.0. The standard InChI is InChI=1S/C18H20O3/c1-3-20-16-10-6-7-11-17(16)21-18(19)13-12-15-9-5-4-8-14(15)2/h4-11H,3,12-13H2,1-2H3. The first-order valence-electron chi connectivity index (χ1n) is 7.17. The van der Waals surface area contributed by atoms with Gasteiger partial charge >= 0.3 is 5.97 Å². The van der Waals surface area contributed by atoms with E-state index in [9.17, 15) is 4.79 Å². The number of aryl methyl sites for hydroxylation is 2. The zero-order chi connectivity index (χ0) is 15.1. The highest BCUT2D eigenvalue weighted by Gasteiger charge is 2.10. The van der Waals surface area contributed by atoms with E-state index in [1.165, 1.54) is 11.1 Å². The SMILES string of the molecule is CCOc1ccccc1OC(=O)CCc1ccccc1C. The van der Waals surface area contributed by atoms with Crippen LogP contribution in [0.15, 0.2) is 48.5 Å². The van der Waals surface area contributed by atoms with Crippen molar-refractivity contribution in [1.82, 2.24) is 0 Å². The molecule has 0 saturated heterocycles. The zero-order valence-electron chi connectivity index (χ0n) is 12.5. The Kier molecular flexibility index (Phi) is 5.38.